The molecular weight excluding hydrogens is 358 g/mol. The normalized spacial score (nSPS) is 14.2. The molecule has 1 N–H and O–H groups in total. The van der Waals surface area contributed by atoms with Gasteiger partial charge < -0.3 is 0 Å². The van der Waals surface area contributed by atoms with Gasteiger partial charge in [0.15, 0.2) is 0 Å². The first-order valence-electron chi connectivity index (χ1n) is 8.34. The summed E-state index contributed by atoms with van der Waals surface area (Å²) in [5, 5.41) is 0.666. The molecule has 0 unspecified atom stereocenters. The van der Waals surface area contributed by atoms with E-state index in [1.54, 1.807) is 12.1 Å². The van der Waals surface area contributed by atoms with Crippen LogP contribution in [-0.4, -0.2) is 13.4 Å². The van der Waals surface area contributed by atoms with E-state index in [2.05, 4.69) is 9.71 Å². The molecule has 1 aromatic heterocycles. The van der Waals surface area contributed by atoms with Gasteiger partial charge in [0.25, 0.3) is 10.0 Å². The Labute approximate surface area is 149 Å². The molecule has 0 radical (unpaired) electrons. The largest absolute Gasteiger partial charge is 0.279 e. The van der Waals surface area contributed by atoms with Crippen LogP contribution >= 0.6 is 0 Å². The van der Waals surface area contributed by atoms with Crippen molar-refractivity contribution in [1.82, 2.24) is 4.98 Å². The van der Waals surface area contributed by atoms with Gasteiger partial charge in [0.05, 0.1) is 11.2 Å². The Kier molecular flexibility index (Phi) is 4.11. The average molecular weight is 374 g/mol. The van der Waals surface area contributed by atoms with E-state index in [1.165, 1.54) is 0 Å². The van der Waals surface area contributed by atoms with Crippen LogP contribution in [0.1, 0.15) is 24.1 Å². The monoisotopic (exact) mass is 374 g/mol. The molecule has 4 nitrogen and oxygen atoms in total. The summed E-state index contributed by atoms with van der Waals surface area (Å²) >= 11 is 0. The fourth-order valence-corrected chi connectivity index (χ4v) is 4.55. The molecular formula is C19H16F2N2O2S. The standard InChI is InChI=1S/C19H16F2N2O2S/c20-12-9-10-18(15(21)11-12)26(24,25)23-19-13-5-1-3-7-16(13)22-17-8-4-2-6-14(17)19/h1,3,5,7,9-11H,2,4,6,8H2,(H,22,23). The smallest absolute Gasteiger partial charge is 0.264 e. The minimum Gasteiger partial charge on any atom is -0.279 e. The van der Waals surface area contributed by atoms with Crippen molar-refractivity contribution in [2.75, 3.05) is 4.72 Å². The van der Waals surface area contributed by atoms with Crippen LogP contribution in [0.5, 0.6) is 0 Å². The van der Waals surface area contributed by atoms with Gasteiger partial charge in [-0.05, 0) is 49.4 Å². The molecule has 0 bridgehead atoms. The summed E-state index contributed by atoms with van der Waals surface area (Å²) in [5.41, 5.74) is 2.84. The number of nitrogens with one attached hydrogen (secondary N) is 1. The first-order chi connectivity index (χ1) is 12.5. The molecule has 0 fully saturated rings. The number of aromatic nitrogens is 1. The quantitative estimate of drug-likeness (QED) is 0.748. The third kappa shape index (κ3) is 2.92. The number of nitrogens with zero attached hydrogens (tertiary/aromatic N) is 1. The second-order valence-corrected chi connectivity index (χ2v) is 7.97. The number of hydrogen-bond acceptors (Lipinski definition) is 3. The minimum atomic E-state index is -4.21. The molecule has 2 aromatic carbocycles. The first-order valence-corrected chi connectivity index (χ1v) is 9.82. The summed E-state index contributed by atoms with van der Waals surface area (Å²) in [6.07, 6.45) is 3.42. The van der Waals surface area contributed by atoms with Gasteiger partial charge in [-0.2, -0.15) is 0 Å². The first kappa shape index (κ1) is 16.9. The van der Waals surface area contributed by atoms with Crippen LogP contribution in [-0.2, 0) is 22.9 Å². The Morgan fingerprint density at radius 2 is 1.77 bits per heavy atom. The topological polar surface area (TPSA) is 59.1 Å². The van der Waals surface area contributed by atoms with Gasteiger partial charge in [-0.3, -0.25) is 9.71 Å². The molecule has 0 saturated heterocycles. The van der Waals surface area contributed by atoms with Crippen LogP contribution < -0.4 is 4.72 Å². The third-order valence-corrected chi connectivity index (χ3v) is 5.97. The van der Waals surface area contributed by atoms with Crippen molar-refractivity contribution in [2.45, 2.75) is 30.6 Å². The van der Waals surface area contributed by atoms with Crippen LogP contribution in [0.4, 0.5) is 14.5 Å². The molecule has 1 aliphatic carbocycles. The third-order valence-electron chi connectivity index (χ3n) is 4.59. The van der Waals surface area contributed by atoms with E-state index in [1.807, 2.05) is 12.1 Å². The molecule has 134 valence electrons. The lowest BCUT2D eigenvalue weighted by molar-refractivity contribution is 0.551. The summed E-state index contributed by atoms with van der Waals surface area (Å²) in [7, 11) is -4.21. The molecule has 1 heterocycles. The molecule has 1 aliphatic rings. The minimum absolute atomic E-state index is 0.439. The van der Waals surface area contributed by atoms with E-state index < -0.39 is 26.6 Å². The molecule has 0 aliphatic heterocycles. The highest BCUT2D eigenvalue weighted by molar-refractivity contribution is 7.92. The lowest BCUT2D eigenvalue weighted by atomic mass is 9.93. The number of sulfonamides is 1. The fraction of sp³-hybridized carbons (Fsp3) is 0.211. The van der Waals surface area contributed by atoms with Gasteiger partial charge in [0, 0.05) is 17.1 Å². The van der Waals surface area contributed by atoms with Crippen LogP contribution in [0.3, 0.4) is 0 Å². The number of anilines is 1. The number of rotatable bonds is 3. The van der Waals surface area contributed by atoms with Crippen molar-refractivity contribution < 1.29 is 17.2 Å². The van der Waals surface area contributed by atoms with Gasteiger partial charge in [-0.25, -0.2) is 17.2 Å². The molecule has 3 aromatic rings. The van der Waals surface area contributed by atoms with E-state index in [9.17, 15) is 17.2 Å². The highest BCUT2D eigenvalue weighted by Gasteiger charge is 2.25. The zero-order valence-electron chi connectivity index (χ0n) is 13.8. The number of aryl methyl sites for hydroxylation is 1. The van der Waals surface area contributed by atoms with Crippen molar-refractivity contribution in [3.05, 3.63) is 65.4 Å². The van der Waals surface area contributed by atoms with Gasteiger partial charge >= 0.3 is 0 Å². The van der Waals surface area contributed by atoms with Crippen molar-refractivity contribution in [3.63, 3.8) is 0 Å². The molecule has 0 atom stereocenters. The number of benzene rings is 2. The number of pyridine rings is 1. The molecule has 0 saturated carbocycles. The maximum absolute atomic E-state index is 14.0. The second kappa shape index (κ2) is 6.32. The Morgan fingerprint density at radius 1 is 1.00 bits per heavy atom. The van der Waals surface area contributed by atoms with E-state index >= 15 is 0 Å². The van der Waals surface area contributed by atoms with Crippen molar-refractivity contribution >= 4 is 26.6 Å². The SMILES string of the molecule is O=S(=O)(Nc1c2c(nc3ccccc13)CCCC2)c1ccc(F)cc1F. The summed E-state index contributed by atoms with van der Waals surface area (Å²) in [6, 6.07) is 9.67. The summed E-state index contributed by atoms with van der Waals surface area (Å²) in [6.45, 7) is 0. The van der Waals surface area contributed by atoms with Crippen LogP contribution in [0.15, 0.2) is 47.4 Å². The predicted molar refractivity (Wildman–Crippen MR) is 95.6 cm³/mol. The summed E-state index contributed by atoms with van der Waals surface area (Å²) in [4.78, 5) is 4.07. The van der Waals surface area contributed by atoms with Gasteiger partial charge in [0.1, 0.15) is 16.5 Å². The fourth-order valence-electron chi connectivity index (χ4n) is 3.37. The average Bonchev–Trinajstić information content (AvgIpc) is 2.61. The maximum atomic E-state index is 14.0. The highest BCUT2D eigenvalue weighted by Crippen LogP contribution is 2.34. The van der Waals surface area contributed by atoms with E-state index in [0.717, 1.165) is 42.7 Å². The summed E-state index contributed by atoms with van der Waals surface area (Å²) < 4.78 is 55.2. The molecule has 26 heavy (non-hydrogen) atoms. The zero-order chi connectivity index (χ0) is 18.3. The van der Waals surface area contributed by atoms with E-state index in [0.29, 0.717) is 29.1 Å². The molecule has 4 rings (SSSR count). The number of hydrogen-bond donors (Lipinski definition) is 1. The second-order valence-electron chi connectivity index (χ2n) is 6.32. The van der Waals surface area contributed by atoms with Gasteiger partial charge in [-0.1, -0.05) is 18.2 Å². The molecule has 0 amide bonds. The summed E-state index contributed by atoms with van der Waals surface area (Å²) in [5.74, 6) is -1.95. The Hall–Kier alpha value is -2.54. The Balaban J connectivity index is 1.89. The molecule has 7 heteroatoms. The van der Waals surface area contributed by atoms with Crippen LogP contribution in [0.25, 0.3) is 10.9 Å². The van der Waals surface area contributed by atoms with Gasteiger partial charge in [-0.15, -0.1) is 0 Å². The predicted octanol–water partition coefficient (Wildman–Crippen LogP) is 4.19. The number of halogens is 2. The van der Waals surface area contributed by atoms with Gasteiger partial charge in [0.2, 0.25) is 0 Å². The Morgan fingerprint density at radius 3 is 2.58 bits per heavy atom. The number of para-hydroxylation sites is 1. The lowest BCUT2D eigenvalue weighted by Gasteiger charge is -2.21. The van der Waals surface area contributed by atoms with E-state index in [4.69, 9.17) is 0 Å². The van der Waals surface area contributed by atoms with Crippen LogP contribution in [0.2, 0.25) is 0 Å². The van der Waals surface area contributed by atoms with Crippen molar-refractivity contribution in [3.8, 4) is 0 Å². The lowest BCUT2D eigenvalue weighted by Crippen LogP contribution is -2.18. The van der Waals surface area contributed by atoms with Crippen molar-refractivity contribution in [1.29, 1.82) is 0 Å². The van der Waals surface area contributed by atoms with Crippen molar-refractivity contribution in [2.24, 2.45) is 0 Å². The highest BCUT2D eigenvalue weighted by atomic mass is 32.2. The zero-order valence-corrected chi connectivity index (χ0v) is 14.6. The molecule has 0 spiro atoms. The maximum Gasteiger partial charge on any atom is 0.264 e. The van der Waals surface area contributed by atoms with E-state index in [-0.39, 0.29) is 0 Å². The van der Waals surface area contributed by atoms with Crippen LogP contribution in [0, 0.1) is 11.6 Å². The number of fused-ring (bicyclic) bond motifs is 2. The Bertz CT molecular complexity index is 1110.